The van der Waals surface area contributed by atoms with Gasteiger partial charge in [-0.05, 0) is 42.8 Å². The third-order valence-corrected chi connectivity index (χ3v) is 5.13. The van der Waals surface area contributed by atoms with Gasteiger partial charge in [0.1, 0.15) is 17.1 Å². The van der Waals surface area contributed by atoms with Crippen molar-refractivity contribution in [2.75, 3.05) is 12.4 Å². The highest BCUT2D eigenvalue weighted by Crippen LogP contribution is 2.23. The molecule has 2 heterocycles. The second-order valence-corrected chi connectivity index (χ2v) is 7.47. The molecule has 0 unspecified atom stereocenters. The number of aryl methyl sites for hydroxylation is 2. The molecular weight excluding hydrogens is 434 g/mol. The van der Waals surface area contributed by atoms with E-state index in [9.17, 15) is 9.59 Å². The number of anilines is 1. The van der Waals surface area contributed by atoms with Crippen LogP contribution < -0.4 is 15.8 Å². The van der Waals surface area contributed by atoms with Crippen molar-refractivity contribution in [2.45, 2.75) is 19.9 Å². The SMILES string of the molecule is COc1ccc(/C=C/c2noc(C)c2NC(=O)CCn2c(=O)oc3cc(Cl)ccc32)cc1. The second-order valence-electron chi connectivity index (χ2n) is 7.04. The first-order chi connectivity index (χ1) is 15.4. The zero-order valence-electron chi connectivity index (χ0n) is 17.4. The number of methoxy groups -OCH3 is 1. The van der Waals surface area contributed by atoms with Crippen molar-refractivity contribution >= 4 is 46.4 Å². The minimum absolute atomic E-state index is 0.0589. The largest absolute Gasteiger partial charge is 0.497 e. The summed E-state index contributed by atoms with van der Waals surface area (Å²) in [4.78, 5) is 24.7. The van der Waals surface area contributed by atoms with Crippen LogP contribution in [0.3, 0.4) is 0 Å². The van der Waals surface area contributed by atoms with Gasteiger partial charge in [-0.1, -0.05) is 35.0 Å². The summed E-state index contributed by atoms with van der Waals surface area (Å²) < 4.78 is 17.0. The second kappa shape index (κ2) is 9.15. The Morgan fingerprint density at radius 2 is 2.00 bits per heavy atom. The van der Waals surface area contributed by atoms with Crippen molar-refractivity contribution < 1.29 is 18.5 Å². The number of carbonyl (C=O) groups is 1. The maximum absolute atomic E-state index is 12.6. The fraction of sp³-hybridized carbons (Fsp3) is 0.174. The van der Waals surface area contributed by atoms with Gasteiger partial charge in [-0.2, -0.15) is 0 Å². The van der Waals surface area contributed by atoms with Crippen molar-refractivity contribution in [3.05, 3.63) is 75.1 Å². The van der Waals surface area contributed by atoms with Crippen LogP contribution in [-0.2, 0) is 11.3 Å². The molecule has 1 N–H and O–H groups in total. The zero-order chi connectivity index (χ0) is 22.7. The van der Waals surface area contributed by atoms with E-state index in [1.165, 1.54) is 4.57 Å². The van der Waals surface area contributed by atoms with E-state index in [2.05, 4.69) is 10.5 Å². The Morgan fingerprint density at radius 1 is 1.22 bits per heavy atom. The molecule has 0 atom stereocenters. The smallest absolute Gasteiger partial charge is 0.419 e. The van der Waals surface area contributed by atoms with Gasteiger partial charge in [0.25, 0.3) is 0 Å². The van der Waals surface area contributed by atoms with Crippen molar-refractivity contribution in [3.8, 4) is 5.75 Å². The average Bonchev–Trinajstić information content (AvgIpc) is 3.29. The minimum atomic E-state index is -0.542. The number of oxazole rings is 1. The first-order valence-electron chi connectivity index (χ1n) is 9.82. The first kappa shape index (κ1) is 21.5. The van der Waals surface area contributed by atoms with Gasteiger partial charge in [-0.15, -0.1) is 0 Å². The lowest BCUT2D eigenvalue weighted by molar-refractivity contribution is -0.116. The van der Waals surface area contributed by atoms with E-state index in [4.69, 9.17) is 25.3 Å². The standard InChI is InChI=1S/C23H20ClN3O5/c1-14-22(18(26-32-14)9-5-15-3-7-17(30-2)8-4-15)25-21(28)11-12-27-19-10-6-16(24)13-20(19)31-23(27)29/h3-10,13H,11-12H2,1-2H3,(H,25,28)/b9-5+. The molecule has 1 amide bonds. The molecule has 0 bridgehead atoms. The zero-order valence-corrected chi connectivity index (χ0v) is 18.2. The third kappa shape index (κ3) is 4.60. The molecule has 0 aliphatic carbocycles. The summed E-state index contributed by atoms with van der Waals surface area (Å²) in [5.41, 5.74) is 2.87. The normalized spacial score (nSPS) is 11.3. The predicted molar refractivity (Wildman–Crippen MR) is 122 cm³/mol. The van der Waals surface area contributed by atoms with E-state index < -0.39 is 5.76 Å². The van der Waals surface area contributed by atoms with E-state index in [1.807, 2.05) is 30.3 Å². The third-order valence-electron chi connectivity index (χ3n) is 4.90. The molecule has 2 aromatic heterocycles. The molecule has 0 saturated heterocycles. The number of ether oxygens (including phenoxy) is 1. The molecule has 4 rings (SSSR count). The maximum atomic E-state index is 12.6. The Labute approximate surface area is 188 Å². The van der Waals surface area contributed by atoms with Crippen molar-refractivity contribution in [1.29, 1.82) is 0 Å². The summed E-state index contributed by atoms with van der Waals surface area (Å²) in [5, 5.41) is 7.29. The lowest BCUT2D eigenvalue weighted by Crippen LogP contribution is -2.20. The van der Waals surface area contributed by atoms with Crippen LogP contribution in [0.1, 0.15) is 23.4 Å². The highest BCUT2D eigenvalue weighted by molar-refractivity contribution is 6.31. The number of benzene rings is 2. The van der Waals surface area contributed by atoms with Crippen molar-refractivity contribution in [1.82, 2.24) is 9.72 Å². The van der Waals surface area contributed by atoms with Gasteiger partial charge in [0, 0.05) is 24.1 Å². The Kier molecular flexibility index (Phi) is 6.13. The molecule has 4 aromatic rings. The van der Waals surface area contributed by atoms with Crippen LogP contribution in [0.5, 0.6) is 5.75 Å². The molecule has 0 saturated carbocycles. The van der Waals surface area contributed by atoms with Crippen molar-refractivity contribution in [2.24, 2.45) is 0 Å². The monoisotopic (exact) mass is 453 g/mol. The van der Waals surface area contributed by atoms with Crippen LogP contribution in [0.4, 0.5) is 5.69 Å². The van der Waals surface area contributed by atoms with Gasteiger partial charge < -0.3 is 19.0 Å². The van der Waals surface area contributed by atoms with Crippen LogP contribution in [0.2, 0.25) is 5.02 Å². The highest BCUT2D eigenvalue weighted by atomic mass is 35.5. The van der Waals surface area contributed by atoms with Gasteiger partial charge >= 0.3 is 5.76 Å². The highest BCUT2D eigenvalue weighted by Gasteiger charge is 2.15. The number of halogens is 1. The Bertz CT molecular complexity index is 1350. The van der Waals surface area contributed by atoms with E-state index in [1.54, 1.807) is 38.3 Å². The summed E-state index contributed by atoms with van der Waals surface area (Å²) in [6.07, 6.45) is 3.67. The van der Waals surface area contributed by atoms with Gasteiger partial charge in [0.2, 0.25) is 5.91 Å². The number of fused-ring (bicyclic) bond motifs is 1. The molecule has 0 spiro atoms. The first-order valence-corrected chi connectivity index (χ1v) is 10.2. The number of aromatic nitrogens is 2. The van der Waals surface area contributed by atoms with Crippen LogP contribution in [0, 0.1) is 6.92 Å². The number of amides is 1. The molecule has 9 heteroatoms. The number of hydrogen-bond donors (Lipinski definition) is 1. The predicted octanol–water partition coefficient (Wildman–Crippen LogP) is 4.75. The number of hydrogen-bond acceptors (Lipinski definition) is 6. The number of rotatable bonds is 7. The maximum Gasteiger partial charge on any atom is 0.419 e. The number of nitrogens with zero attached hydrogens (tertiary/aromatic N) is 2. The minimum Gasteiger partial charge on any atom is -0.497 e. The van der Waals surface area contributed by atoms with E-state index in [0.717, 1.165) is 11.3 Å². The lowest BCUT2D eigenvalue weighted by atomic mass is 10.2. The average molecular weight is 454 g/mol. The summed E-state index contributed by atoms with van der Waals surface area (Å²) in [6.45, 7) is 1.87. The van der Waals surface area contributed by atoms with Gasteiger partial charge in [0.05, 0.1) is 12.6 Å². The molecule has 8 nitrogen and oxygen atoms in total. The lowest BCUT2D eigenvalue weighted by Gasteiger charge is -2.05. The number of carbonyl (C=O) groups excluding carboxylic acids is 1. The van der Waals surface area contributed by atoms with Gasteiger partial charge in [-0.3, -0.25) is 9.36 Å². The Balaban J connectivity index is 1.45. The van der Waals surface area contributed by atoms with Gasteiger partial charge in [-0.25, -0.2) is 4.79 Å². The summed E-state index contributed by atoms with van der Waals surface area (Å²) in [7, 11) is 1.61. The molecule has 0 radical (unpaired) electrons. The van der Waals surface area contributed by atoms with Gasteiger partial charge in [0.15, 0.2) is 11.3 Å². The van der Waals surface area contributed by atoms with Crippen LogP contribution in [0.25, 0.3) is 23.3 Å². The van der Waals surface area contributed by atoms with E-state index >= 15 is 0 Å². The van der Waals surface area contributed by atoms with Crippen LogP contribution in [0.15, 0.2) is 56.2 Å². The Morgan fingerprint density at radius 3 is 2.75 bits per heavy atom. The molecule has 0 fully saturated rings. The summed E-state index contributed by atoms with van der Waals surface area (Å²) >= 11 is 5.93. The molecule has 32 heavy (non-hydrogen) atoms. The molecule has 0 aliphatic heterocycles. The molecule has 0 aliphatic rings. The summed E-state index contributed by atoms with van der Waals surface area (Å²) in [5.74, 6) is 0.415. The van der Waals surface area contributed by atoms with E-state index in [-0.39, 0.29) is 18.9 Å². The fourth-order valence-corrected chi connectivity index (χ4v) is 3.37. The topological polar surface area (TPSA) is 99.5 Å². The number of nitrogens with one attached hydrogen (secondary N) is 1. The Hall–Kier alpha value is -3.78. The molecule has 2 aromatic carbocycles. The van der Waals surface area contributed by atoms with Crippen LogP contribution in [-0.4, -0.2) is 22.7 Å². The fourth-order valence-electron chi connectivity index (χ4n) is 3.21. The van der Waals surface area contributed by atoms with Crippen molar-refractivity contribution in [3.63, 3.8) is 0 Å². The molecular formula is C23H20ClN3O5. The molecule has 164 valence electrons. The quantitative estimate of drug-likeness (QED) is 0.433. The summed E-state index contributed by atoms with van der Waals surface area (Å²) in [6, 6.07) is 12.4. The van der Waals surface area contributed by atoms with E-state index in [0.29, 0.717) is 33.3 Å². The van der Waals surface area contributed by atoms with Crippen LogP contribution >= 0.6 is 11.6 Å².